The number of methoxy groups -OCH3 is 1. The number of hydrogen-bond donors (Lipinski definition) is 0. The van der Waals surface area contributed by atoms with Gasteiger partial charge in [0.05, 0.1) is 19.4 Å². The van der Waals surface area contributed by atoms with E-state index in [1.807, 2.05) is 61.5 Å². The van der Waals surface area contributed by atoms with Gasteiger partial charge in [-0.05, 0) is 65.6 Å². The van der Waals surface area contributed by atoms with Gasteiger partial charge in [-0.1, -0.05) is 60.7 Å². The first-order valence-electron chi connectivity index (χ1n) is 12.4. The molecular formula is C32H29NO4. The van der Waals surface area contributed by atoms with E-state index in [1.165, 1.54) is 12.5 Å². The Balaban J connectivity index is 1.38. The van der Waals surface area contributed by atoms with Gasteiger partial charge in [-0.2, -0.15) is 0 Å². The van der Waals surface area contributed by atoms with Crippen LogP contribution >= 0.6 is 0 Å². The zero-order chi connectivity index (χ0) is 25.6. The molecule has 0 N–H and O–H groups in total. The van der Waals surface area contributed by atoms with Crippen molar-refractivity contribution in [3.05, 3.63) is 108 Å². The molecule has 0 amide bonds. The Labute approximate surface area is 216 Å². The van der Waals surface area contributed by atoms with Crippen LogP contribution in [0.1, 0.15) is 23.4 Å². The third-order valence-corrected chi connectivity index (χ3v) is 6.46. The standard InChI is InChI=1S/C32H29NO4/c1-22-29(33-32(37-22)25-9-4-3-5-10-25)18-19-36-30-16-12-23(13-17-31(34)35-2)20-28(30)27-15-14-24-8-6-7-11-26(24)21-27/h3-12,14-16,20-21H,13,17-19H2,1-2H3. The van der Waals surface area contributed by atoms with Crippen LogP contribution in [0, 0.1) is 6.92 Å². The largest absolute Gasteiger partial charge is 0.493 e. The molecular weight excluding hydrogens is 462 g/mol. The van der Waals surface area contributed by atoms with Crippen LogP contribution < -0.4 is 4.74 Å². The molecule has 186 valence electrons. The number of hydrogen-bond acceptors (Lipinski definition) is 5. The summed E-state index contributed by atoms with van der Waals surface area (Å²) in [4.78, 5) is 16.4. The van der Waals surface area contributed by atoms with Crippen molar-refractivity contribution in [2.75, 3.05) is 13.7 Å². The lowest BCUT2D eigenvalue weighted by Crippen LogP contribution is -2.05. The van der Waals surface area contributed by atoms with Gasteiger partial charge in [0, 0.05) is 24.0 Å². The molecule has 4 aromatic carbocycles. The Kier molecular flexibility index (Phi) is 7.31. The third kappa shape index (κ3) is 5.72. The highest BCUT2D eigenvalue weighted by atomic mass is 16.5. The van der Waals surface area contributed by atoms with Crippen molar-refractivity contribution in [2.24, 2.45) is 0 Å². The molecule has 0 atom stereocenters. The molecule has 0 radical (unpaired) electrons. The number of carbonyl (C=O) groups excluding carboxylic acids is 1. The summed E-state index contributed by atoms with van der Waals surface area (Å²) in [6.45, 7) is 2.40. The van der Waals surface area contributed by atoms with Crippen LogP contribution in [0.4, 0.5) is 0 Å². The molecule has 0 aliphatic heterocycles. The Bertz CT molecular complexity index is 1520. The predicted octanol–water partition coefficient (Wildman–Crippen LogP) is 7.20. The van der Waals surface area contributed by atoms with Crippen molar-refractivity contribution in [1.82, 2.24) is 4.98 Å². The Morgan fingerprint density at radius 3 is 2.43 bits per heavy atom. The molecule has 0 saturated carbocycles. The fraction of sp³-hybridized carbons (Fsp3) is 0.188. The molecule has 0 spiro atoms. The number of rotatable bonds is 9. The van der Waals surface area contributed by atoms with E-state index >= 15 is 0 Å². The summed E-state index contributed by atoms with van der Waals surface area (Å²) in [6, 6.07) is 30.7. The van der Waals surface area contributed by atoms with E-state index in [2.05, 4.69) is 36.4 Å². The van der Waals surface area contributed by atoms with Crippen LogP contribution in [0.2, 0.25) is 0 Å². The summed E-state index contributed by atoms with van der Waals surface area (Å²) in [7, 11) is 1.42. The van der Waals surface area contributed by atoms with E-state index in [4.69, 9.17) is 18.9 Å². The van der Waals surface area contributed by atoms with Gasteiger partial charge in [-0.3, -0.25) is 4.79 Å². The number of ether oxygens (including phenoxy) is 2. The van der Waals surface area contributed by atoms with Gasteiger partial charge in [0.15, 0.2) is 0 Å². The van der Waals surface area contributed by atoms with Crippen molar-refractivity contribution < 1.29 is 18.7 Å². The number of esters is 1. The van der Waals surface area contributed by atoms with Crippen molar-refractivity contribution in [1.29, 1.82) is 0 Å². The molecule has 5 nitrogen and oxygen atoms in total. The van der Waals surface area contributed by atoms with E-state index in [1.54, 1.807) is 0 Å². The smallest absolute Gasteiger partial charge is 0.305 e. The lowest BCUT2D eigenvalue weighted by molar-refractivity contribution is -0.140. The fourth-order valence-corrected chi connectivity index (χ4v) is 4.41. The summed E-state index contributed by atoms with van der Waals surface area (Å²) in [5, 5.41) is 2.35. The second kappa shape index (κ2) is 11.1. The van der Waals surface area contributed by atoms with E-state index in [9.17, 15) is 4.79 Å². The monoisotopic (exact) mass is 491 g/mol. The van der Waals surface area contributed by atoms with Crippen molar-refractivity contribution in [3.63, 3.8) is 0 Å². The summed E-state index contributed by atoms with van der Waals surface area (Å²) in [5.41, 5.74) is 4.97. The number of oxazole rings is 1. The van der Waals surface area contributed by atoms with Crippen molar-refractivity contribution in [2.45, 2.75) is 26.2 Å². The SMILES string of the molecule is COC(=O)CCc1ccc(OCCc2nc(-c3ccccc3)oc2C)c(-c2ccc3ccccc3c2)c1. The summed E-state index contributed by atoms with van der Waals surface area (Å²) in [6.07, 6.45) is 1.57. The predicted molar refractivity (Wildman–Crippen MR) is 146 cm³/mol. The number of fused-ring (bicyclic) bond motifs is 1. The lowest BCUT2D eigenvalue weighted by Gasteiger charge is -2.14. The van der Waals surface area contributed by atoms with Gasteiger partial charge < -0.3 is 13.9 Å². The van der Waals surface area contributed by atoms with Crippen LogP contribution in [0.25, 0.3) is 33.4 Å². The molecule has 0 saturated heterocycles. The normalized spacial score (nSPS) is 11.0. The molecule has 0 fully saturated rings. The van der Waals surface area contributed by atoms with E-state index in [-0.39, 0.29) is 5.97 Å². The number of carbonyl (C=O) groups is 1. The minimum absolute atomic E-state index is 0.217. The molecule has 0 aliphatic carbocycles. The van der Waals surface area contributed by atoms with Gasteiger partial charge in [0.1, 0.15) is 11.5 Å². The second-order valence-corrected chi connectivity index (χ2v) is 8.95. The zero-order valence-electron chi connectivity index (χ0n) is 21.1. The summed E-state index contributed by atoms with van der Waals surface area (Å²) >= 11 is 0. The molecule has 5 heteroatoms. The third-order valence-electron chi connectivity index (χ3n) is 6.46. The van der Waals surface area contributed by atoms with Crippen LogP contribution in [-0.4, -0.2) is 24.7 Å². The van der Waals surface area contributed by atoms with Gasteiger partial charge in [-0.25, -0.2) is 4.98 Å². The molecule has 37 heavy (non-hydrogen) atoms. The number of nitrogens with zero attached hydrogens (tertiary/aromatic N) is 1. The average Bonchev–Trinajstić information content (AvgIpc) is 3.32. The number of aryl methyl sites for hydroxylation is 2. The van der Waals surface area contributed by atoms with Crippen LogP contribution in [0.5, 0.6) is 5.75 Å². The number of aromatic nitrogens is 1. The highest BCUT2D eigenvalue weighted by Gasteiger charge is 2.14. The van der Waals surface area contributed by atoms with Gasteiger partial charge in [0.25, 0.3) is 0 Å². The van der Waals surface area contributed by atoms with Crippen LogP contribution in [-0.2, 0) is 22.4 Å². The van der Waals surface area contributed by atoms with Crippen molar-refractivity contribution >= 4 is 16.7 Å². The lowest BCUT2D eigenvalue weighted by atomic mass is 9.97. The minimum Gasteiger partial charge on any atom is -0.493 e. The Hall–Kier alpha value is -4.38. The van der Waals surface area contributed by atoms with Crippen molar-refractivity contribution in [3.8, 4) is 28.3 Å². The van der Waals surface area contributed by atoms with E-state index in [0.717, 1.165) is 44.8 Å². The Morgan fingerprint density at radius 2 is 1.62 bits per heavy atom. The molecule has 0 aliphatic rings. The highest BCUT2D eigenvalue weighted by molar-refractivity contribution is 5.88. The maximum atomic E-state index is 11.7. The average molecular weight is 492 g/mol. The van der Waals surface area contributed by atoms with E-state index < -0.39 is 0 Å². The summed E-state index contributed by atoms with van der Waals surface area (Å²) < 4.78 is 17.0. The number of benzene rings is 4. The first kappa shape index (κ1) is 24.3. The van der Waals surface area contributed by atoms with Gasteiger partial charge in [-0.15, -0.1) is 0 Å². The first-order chi connectivity index (χ1) is 18.1. The van der Waals surface area contributed by atoms with Gasteiger partial charge >= 0.3 is 5.97 Å². The summed E-state index contributed by atoms with van der Waals surface area (Å²) in [5.74, 6) is 2.00. The first-order valence-corrected chi connectivity index (χ1v) is 12.4. The minimum atomic E-state index is -0.217. The second-order valence-electron chi connectivity index (χ2n) is 8.95. The van der Waals surface area contributed by atoms with Crippen LogP contribution in [0.15, 0.2) is 95.4 Å². The molecule has 0 bridgehead atoms. The molecule has 0 unspecified atom stereocenters. The quantitative estimate of drug-likeness (QED) is 0.204. The maximum absolute atomic E-state index is 11.7. The van der Waals surface area contributed by atoms with Gasteiger partial charge in [0.2, 0.25) is 5.89 Å². The molecule has 5 aromatic rings. The van der Waals surface area contributed by atoms with Crippen LogP contribution in [0.3, 0.4) is 0 Å². The zero-order valence-corrected chi connectivity index (χ0v) is 21.1. The molecule has 1 aromatic heterocycles. The fourth-order valence-electron chi connectivity index (χ4n) is 4.41. The topological polar surface area (TPSA) is 61.6 Å². The molecule has 5 rings (SSSR count). The Morgan fingerprint density at radius 1 is 0.838 bits per heavy atom. The maximum Gasteiger partial charge on any atom is 0.305 e. The highest BCUT2D eigenvalue weighted by Crippen LogP contribution is 2.34. The van der Waals surface area contributed by atoms with E-state index in [0.29, 0.717) is 31.8 Å². The molecule has 1 heterocycles.